The van der Waals surface area contributed by atoms with Crippen LogP contribution < -0.4 is 9.62 Å². The van der Waals surface area contributed by atoms with Gasteiger partial charge in [-0.3, -0.25) is 0 Å². The minimum Gasteiger partial charge on any atom is -0.349 e. The Hall–Kier alpha value is -3.42. The fourth-order valence-electron chi connectivity index (χ4n) is 4.12. The maximum atomic E-state index is 13.0. The van der Waals surface area contributed by atoms with Crippen LogP contribution in [0.1, 0.15) is 11.1 Å². The lowest BCUT2D eigenvalue weighted by molar-refractivity contribution is 0.523. The third kappa shape index (κ3) is 4.30. The largest absolute Gasteiger partial charge is 0.349 e. The van der Waals surface area contributed by atoms with Gasteiger partial charge in [0.05, 0.1) is 10.6 Å². The molecule has 7 heteroatoms. The highest BCUT2D eigenvalue weighted by Crippen LogP contribution is 2.29. The van der Waals surface area contributed by atoms with Crippen molar-refractivity contribution in [1.82, 2.24) is 14.5 Å². The summed E-state index contributed by atoms with van der Waals surface area (Å²) in [5.74, 6) is 0.896. The molecule has 1 aliphatic heterocycles. The summed E-state index contributed by atoms with van der Waals surface area (Å²) < 4.78 is 30.7. The number of para-hydroxylation sites is 1. The van der Waals surface area contributed by atoms with Crippen LogP contribution in [-0.2, 0) is 23.0 Å². The average Bonchev–Trinajstić information content (AvgIpc) is 3.25. The molecule has 0 spiro atoms. The number of sulfonamides is 1. The van der Waals surface area contributed by atoms with Crippen LogP contribution in [-0.4, -0.2) is 30.8 Å². The number of rotatable bonds is 6. The SMILES string of the molecule is O=S(=O)(NC1Cc2cn(-c3ccccc3)nc2N(Cc2ccccc2)C1)c1ccccc1. The van der Waals surface area contributed by atoms with Gasteiger partial charge in [-0.05, 0) is 36.2 Å². The van der Waals surface area contributed by atoms with E-state index in [2.05, 4.69) is 21.8 Å². The Labute approximate surface area is 188 Å². The molecule has 0 radical (unpaired) electrons. The molecule has 1 aliphatic rings. The van der Waals surface area contributed by atoms with E-state index in [4.69, 9.17) is 5.10 Å². The van der Waals surface area contributed by atoms with Gasteiger partial charge in [-0.1, -0.05) is 66.7 Å². The van der Waals surface area contributed by atoms with Crippen molar-refractivity contribution in [2.24, 2.45) is 0 Å². The number of nitrogens with zero attached hydrogens (tertiary/aromatic N) is 3. The molecular formula is C25H24N4O2S. The molecule has 2 heterocycles. The van der Waals surface area contributed by atoms with Crippen LogP contribution >= 0.6 is 0 Å². The van der Waals surface area contributed by atoms with E-state index in [0.29, 0.717) is 19.5 Å². The quantitative estimate of drug-likeness (QED) is 0.492. The Balaban J connectivity index is 1.47. The molecule has 3 aromatic carbocycles. The highest BCUT2D eigenvalue weighted by molar-refractivity contribution is 7.89. The summed E-state index contributed by atoms with van der Waals surface area (Å²) in [5.41, 5.74) is 3.15. The molecule has 0 amide bonds. The third-order valence-electron chi connectivity index (χ3n) is 5.59. The van der Waals surface area contributed by atoms with Crippen LogP contribution in [0, 0.1) is 0 Å². The smallest absolute Gasteiger partial charge is 0.240 e. The number of aromatic nitrogens is 2. The second-order valence-electron chi connectivity index (χ2n) is 7.96. The van der Waals surface area contributed by atoms with E-state index < -0.39 is 10.0 Å². The van der Waals surface area contributed by atoms with Gasteiger partial charge in [-0.15, -0.1) is 5.10 Å². The molecule has 1 aromatic heterocycles. The van der Waals surface area contributed by atoms with Gasteiger partial charge in [0.2, 0.25) is 10.0 Å². The molecule has 0 aliphatic carbocycles. The maximum absolute atomic E-state index is 13.0. The Morgan fingerprint density at radius 1 is 0.875 bits per heavy atom. The summed E-state index contributed by atoms with van der Waals surface area (Å²) in [6, 6.07) is 28.4. The zero-order chi connectivity index (χ0) is 22.0. The van der Waals surface area contributed by atoms with Gasteiger partial charge in [0, 0.05) is 30.9 Å². The van der Waals surface area contributed by atoms with Gasteiger partial charge in [-0.25, -0.2) is 17.8 Å². The number of nitrogens with one attached hydrogen (secondary N) is 1. The van der Waals surface area contributed by atoms with Crippen molar-refractivity contribution in [3.05, 3.63) is 108 Å². The normalized spacial score (nSPS) is 16.0. The second kappa shape index (κ2) is 8.61. The molecule has 0 fully saturated rings. The van der Waals surface area contributed by atoms with Gasteiger partial charge in [0.1, 0.15) is 0 Å². The van der Waals surface area contributed by atoms with Gasteiger partial charge in [0.15, 0.2) is 5.82 Å². The number of hydrogen-bond acceptors (Lipinski definition) is 4. The van der Waals surface area contributed by atoms with E-state index in [0.717, 1.165) is 22.6 Å². The molecule has 162 valence electrons. The van der Waals surface area contributed by atoms with Crippen molar-refractivity contribution in [2.75, 3.05) is 11.4 Å². The predicted molar refractivity (Wildman–Crippen MR) is 125 cm³/mol. The summed E-state index contributed by atoms with van der Waals surface area (Å²) in [6.07, 6.45) is 2.59. The van der Waals surface area contributed by atoms with Crippen LogP contribution in [0.5, 0.6) is 0 Å². The molecule has 0 saturated carbocycles. The van der Waals surface area contributed by atoms with E-state index in [-0.39, 0.29) is 10.9 Å². The number of anilines is 1. The van der Waals surface area contributed by atoms with Gasteiger partial charge >= 0.3 is 0 Å². The molecule has 1 atom stereocenters. The Kier molecular flexibility index (Phi) is 5.51. The van der Waals surface area contributed by atoms with Crippen molar-refractivity contribution in [3.8, 4) is 5.69 Å². The molecule has 1 unspecified atom stereocenters. The lowest BCUT2D eigenvalue weighted by atomic mass is 10.0. The van der Waals surface area contributed by atoms with Crippen molar-refractivity contribution in [2.45, 2.75) is 23.9 Å². The monoisotopic (exact) mass is 444 g/mol. The fourth-order valence-corrected chi connectivity index (χ4v) is 5.36. The maximum Gasteiger partial charge on any atom is 0.240 e. The summed E-state index contributed by atoms with van der Waals surface area (Å²) in [5, 5.41) is 4.85. The van der Waals surface area contributed by atoms with E-state index in [1.807, 2.05) is 65.5 Å². The van der Waals surface area contributed by atoms with Crippen LogP contribution in [0.4, 0.5) is 5.82 Å². The topological polar surface area (TPSA) is 67.2 Å². The van der Waals surface area contributed by atoms with E-state index in [9.17, 15) is 8.42 Å². The van der Waals surface area contributed by atoms with E-state index in [1.54, 1.807) is 24.3 Å². The molecular weight excluding hydrogens is 420 g/mol. The minimum atomic E-state index is -3.61. The number of hydrogen-bond donors (Lipinski definition) is 1. The third-order valence-corrected chi connectivity index (χ3v) is 7.12. The van der Waals surface area contributed by atoms with Crippen LogP contribution in [0.2, 0.25) is 0 Å². The molecule has 0 bridgehead atoms. The Bertz CT molecular complexity index is 1290. The molecule has 32 heavy (non-hydrogen) atoms. The standard InChI is InChI=1S/C25H24N4O2S/c30-32(31,24-14-8-3-9-15-24)27-22-16-21-18-29(23-12-6-2-7-13-23)26-25(21)28(19-22)17-20-10-4-1-5-11-20/h1-15,18,22,27H,16-17,19H2. The first-order chi connectivity index (χ1) is 15.6. The zero-order valence-electron chi connectivity index (χ0n) is 17.5. The molecule has 6 nitrogen and oxygen atoms in total. The molecule has 0 saturated heterocycles. The van der Waals surface area contributed by atoms with E-state index in [1.165, 1.54) is 0 Å². The first-order valence-corrected chi connectivity index (χ1v) is 12.1. The van der Waals surface area contributed by atoms with Crippen molar-refractivity contribution < 1.29 is 8.42 Å². The first kappa shape index (κ1) is 20.5. The van der Waals surface area contributed by atoms with Crippen molar-refractivity contribution in [3.63, 3.8) is 0 Å². The molecule has 4 aromatic rings. The van der Waals surface area contributed by atoms with E-state index >= 15 is 0 Å². The number of benzene rings is 3. The summed E-state index contributed by atoms with van der Waals surface area (Å²) >= 11 is 0. The predicted octanol–water partition coefficient (Wildman–Crippen LogP) is 3.78. The van der Waals surface area contributed by atoms with Crippen molar-refractivity contribution >= 4 is 15.8 Å². The summed E-state index contributed by atoms with van der Waals surface area (Å²) in [7, 11) is -3.61. The van der Waals surface area contributed by atoms with Gasteiger partial charge in [-0.2, -0.15) is 0 Å². The number of fused-ring (bicyclic) bond motifs is 1. The minimum absolute atomic E-state index is 0.259. The second-order valence-corrected chi connectivity index (χ2v) is 9.67. The Morgan fingerprint density at radius 3 is 2.19 bits per heavy atom. The van der Waals surface area contributed by atoms with Crippen LogP contribution in [0.25, 0.3) is 5.69 Å². The first-order valence-electron chi connectivity index (χ1n) is 10.6. The van der Waals surface area contributed by atoms with Gasteiger partial charge < -0.3 is 4.90 Å². The highest BCUT2D eigenvalue weighted by atomic mass is 32.2. The fraction of sp³-hybridized carbons (Fsp3) is 0.160. The van der Waals surface area contributed by atoms with Crippen molar-refractivity contribution in [1.29, 1.82) is 0 Å². The lowest BCUT2D eigenvalue weighted by Gasteiger charge is -2.33. The Morgan fingerprint density at radius 2 is 1.50 bits per heavy atom. The average molecular weight is 445 g/mol. The van der Waals surface area contributed by atoms with Crippen LogP contribution in [0.15, 0.2) is 102 Å². The highest BCUT2D eigenvalue weighted by Gasteiger charge is 2.31. The van der Waals surface area contributed by atoms with Crippen LogP contribution in [0.3, 0.4) is 0 Å². The zero-order valence-corrected chi connectivity index (χ0v) is 18.3. The van der Waals surface area contributed by atoms with Gasteiger partial charge in [0.25, 0.3) is 0 Å². The summed E-state index contributed by atoms with van der Waals surface area (Å²) in [6.45, 7) is 1.20. The molecule has 5 rings (SSSR count). The molecule has 1 N–H and O–H groups in total. The lowest BCUT2D eigenvalue weighted by Crippen LogP contribution is -2.47. The summed E-state index contributed by atoms with van der Waals surface area (Å²) in [4.78, 5) is 2.44.